The molecule has 0 N–H and O–H groups in total. The van der Waals surface area contributed by atoms with E-state index in [9.17, 15) is 13.2 Å². The lowest BCUT2D eigenvalue weighted by molar-refractivity contribution is 0.249. The Balaban J connectivity index is 1.45. The predicted molar refractivity (Wildman–Crippen MR) is 111 cm³/mol. The lowest BCUT2D eigenvalue weighted by Crippen LogP contribution is -2.15. The summed E-state index contributed by atoms with van der Waals surface area (Å²) in [6.45, 7) is 2.26. The smallest absolute Gasteiger partial charge is 0.195 e. The third-order valence-corrected chi connectivity index (χ3v) is 6.56. The Hall–Kier alpha value is -1.51. The number of aryl methyl sites for hydroxylation is 1. The summed E-state index contributed by atoms with van der Waals surface area (Å²) in [6.07, 6.45) is 15.6. The Labute approximate surface area is 167 Å². The fourth-order valence-corrected chi connectivity index (χ4v) is 4.73. The number of halogens is 3. The van der Waals surface area contributed by atoms with Gasteiger partial charge in [-0.1, -0.05) is 89.3 Å². The molecule has 28 heavy (non-hydrogen) atoms. The van der Waals surface area contributed by atoms with Crippen LogP contribution in [0.2, 0.25) is 0 Å². The van der Waals surface area contributed by atoms with Crippen molar-refractivity contribution in [2.75, 3.05) is 0 Å². The van der Waals surface area contributed by atoms with Gasteiger partial charge < -0.3 is 0 Å². The normalized spacial score (nSPS) is 20.0. The van der Waals surface area contributed by atoms with Crippen LogP contribution < -0.4 is 0 Å². The highest BCUT2D eigenvalue weighted by molar-refractivity contribution is 5.84. The quantitative estimate of drug-likeness (QED) is 0.298. The molecule has 0 spiro atoms. The molecular weight excluding hydrogens is 357 g/mol. The van der Waals surface area contributed by atoms with Crippen molar-refractivity contribution in [3.8, 4) is 0 Å². The maximum absolute atomic E-state index is 13.8. The SMILES string of the molecule is CCCCCCC[C@H]1CC[C@H](CCc2ccc3c(F)c(F)c(F)cc3c2)CC1. The molecule has 0 bridgehead atoms. The zero-order valence-corrected chi connectivity index (χ0v) is 17.1. The first-order chi connectivity index (χ1) is 13.6. The van der Waals surface area contributed by atoms with Crippen LogP contribution in [0.4, 0.5) is 13.2 Å². The predicted octanol–water partition coefficient (Wildman–Crippen LogP) is 8.36. The fraction of sp³-hybridized carbons (Fsp3) is 0.600. The molecule has 0 atom stereocenters. The highest BCUT2D eigenvalue weighted by atomic mass is 19.2. The van der Waals surface area contributed by atoms with Gasteiger partial charge in [-0.3, -0.25) is 0 Å². The third-order valence-electron chi connectivity index (χ3n) is 6.56. The lowest BCUT2D eigenvalue weighted by atomic mass is 9.77. The minimum atomic E-state index is -1.39. The molecule has 1 aliphatic carbocycles. The van der Waals surface area contributed by atoms with E-state index in [-0.39, 0.29) is 5.39 Å². The number of unbranched alkanes of at least 4 members (excludes halogenated alkanes) is 4. The van der Waals surface area contributed by atoms with Crippen LogP contribution in [-0.2, 0) is 6.42 Å². The summed E-state index contributed by atoms with van der Waals surface area (Å²) in [6, 6.07) is 6.34. The van der Waals surface area contributed by atoms with Crippen molar-refractivity contribution in [1.29, 1.82) is 0 Å². The van der Waals surface area contributed by atoms with E-state index in [0.29, 0.717) is 5.39 Å². The van der Waals surface area contributed by atoms with E-state index >= 15 is 0 Å². The molecule has 154 valence electrons. The van der Waals surface area contributed by atoms with Crippen molar-refractivity contribution in [3.63, 3.8) is 0 Å². The zero-order chi connectivity index (χ0) is 19.9. The first-order valence-corrected chi connectivity index (χ1v) is 11.1. The standard InChI is InChI=1S/C25H33F3/c1-2-3-4-5-6-7-18-8-10-19(11-9-18)12-13-20-14-15-22-21(16-20)17-23(26)25(28)24(22)27/h14-19H,2-13H2,1H3/t18-,19-. The van der Waals surface area contributed by atoms with E-state index in [1.165, 1.54) is 64.2 Å². The van der Waals surface area contributed by atoms with Gasteiger partial charge >= 0.3 is 0 Å². The maximum Gasteiger partial charge on any atom is 0.195 e. The third kappa shape index (κ3) is 5.52. The fourth-order valence-electron chi connectivity index (χ4n) is 4.73. The van der Waals surface area contributed by atoms with Gasteiger partial charge in [-0.15, -0.1) is 0 Å². The molecule has 1 saturated carbocycles. The van der Waals surface area contributed by atoms with Gasteiger partial charge in [-0.2, -0.15) is 0 Å². The molecule has 0 saturated heterocycles. The van der Waals surface area contributed by atoms with E-state index < -0.39 is 17.5 Å². The van der Waals surface area contributed by atoms with Crippen molar-refractivity contribution < 1.29 is 13.2 Å². The number of fused-ring (bicyclic) bond motifs is 1. The van der Waals surface area contributed by atoms with Gasteiger partial charge in [-0.05, 0) is 41.7 Å². The summed E-state index contributed by atoms with van der Waals surface area (Å²) in [5, 5.41) is 0.600. The van der Waals surface area contributed by atoms with Crippen LogP contribution in [0.1, 0.15) is 83.1 Å². The van der Waals surface area contributed by atoms with Crippen molar-refractivity contribution >= 4 is 10.8 Å². The van der Waals surface area contributed by atoms with Crippen LogP contribution in [-0.4, -0.2) is 0 Å². The molecule has 0 radical (unpaired) electrons. The second kappa shape index (κ2) is 10.3. The highest BCUT2D eigenvalue weighted by Gasteiger charge is 2.21. The minimum absolute atomic E-state index is 0.155. The Morgan fingerprint density at radius 2 is 1.46 bits per heavy atom. The van der Waals surface area contributed by atoms with Gasteiger partial charge in [-0.25, -0.2) is 13.2 Å². The average Bonchev–Trinajstić information content (AvgIpc) is 2.71. The van der Waals surface area contributed by atoms with E-state index in [4.69, 9.17) is 0 Å². The summed E-state index contributed by atoms with van der Waals surface area (Å²) in [7, 11) is 0. The van der Waals surface area contributed by atoms with E-state index in [0.717, 1.165) is 36.3 Å². The van der Waals surface area contributed by atoms with Gasteiger partial charge in [0.15, 0.2) is 17.5 Å². The topological polar surface area (TPSA) is 0 Å². The summed E-state index contributed by atoms with van der Waals surface area (Å²) >= 11 is 0. The molecule has 3 heteroatoms. The van der Waals surface area contributed by atoms with Gasteiger partial charge in [0.1, 0.15) is 0 Å². The summed E-state index contributed by atoms with van der Waals surface area (Å²) in [5.41, 5.74) is 1.08. The van der Waals surface area contributed by atoms with E-state index in [1.807, 2.05) is 12.1 Å². The number of hydrogen-bond donors (Lipinski definition) is 0. The van der Waals surface area contributed by atoms with Gasteiger partial charge in [0.2, 0.25) is 0 Å². The van der Waals surface area contributed by atoms with Crippen LogP contribution in [0.3, 0.4) is 0 Å². The Bertz CT molecular complexity index is 760. The first kappa shape index (κ1) is 21.2. The second-order valence-electron chi connectivity index (χ2n) is 8.67. The van der Waals surface area contributed by atoms with Crippen LogP contribution in [0.15, 0.2) is 24.3 Å². The van der Waals surface area contributed by atoms with Gasteiger partial charge in [0, 0.05) is 5.39 Å². The second-order valence-corrected chi connectivity index (χ2v) is 8.67. The molecule has 0 heterocycles. The molecule has 0 aromatic heterocycles. The van der Waals surface area contributed by atoms with Crippen molar-refractivity contribution in [2.24, 2.45) is 11.8 Å². The minimum Gasteiger partial charge on any atom is -0.204 e. The van der Waals surface area contributed by atoms with Crippen LogP contribution in [0.25, 0.3) is 10.8 Å². The van der Waals surface area contributed by atoms with E-state index in [2.05, 4.69) is 6.92 Å². The Morgan fingerprint density at radius 3 is 2.18 bits per heavy atom. The zero-order valence-electron chi connectivity index (χ0n) is 17.1. The molecule has 0 nitrogen and oxygen atoms in total. The van der Waals surface area contributed by atoms with Crippen molar-refractivity contribution in [2.45, 2.75) is 84.0 Å². The lowest BCUT2D eigenvalue weighted by Gasteiger charge is -2.28. The summed E-state index contributed by atoms with van der Waals surface area (Å²) < 4.78 is 40.7. The monoisotopic (exact) mass is 390 g/mol. The molecule has 0 unspecified atom stereocenters. The average molecular weight is 391 g/mol. The molecule has 0 aliphatic heterocycles. The summed E-state index contributed by atoms with van der Waals surface area (Å²) in [4.78, 5) is 0. The molecule has 1 fully saturated rings. The largest absolute Gasteiger partial charge is 0.204 e. The molecular formula is C25H33F3. The van der Waals surface area contributed by atoms with Crippen LogP contribution in [0, 0.1) is 29.3 Å². The summed E-state index contributed by atoms with van der Waals surface area (Å²) in [5.74, 6) is -1.92. The number of benzene rings is 2. The molecule has 3 rings (SSSR count). The number of rotatable bonds is 9. The molecule has 2 aromatic carbocycles. The Kier molecular flexibility index (Phi) is 7.82. The molecule has 1 aliphatic rings. The van der Waals surface area contributed by atoms with Crippen molar-refractivity contribution in [1.82, 2.24) is 0 Å². The maximum atomic E-state index is 13.8. The van der Waals surface area contributed by atoms with Crippen LogP contribution in [0.5, 0.6) is 0 Å². The van der Waals surface area contributed by atoms with Crippen LogP contribution >= 0.6 is 0 Å². The molecule has 2 aromatic rings. The first-order valence-electron chi connectivity index (χ1n) is 11.1. The Morgan fingerprint density at radius 1 is 0.786 bits per heavy atom. The van der Waals surface area contributed by atoms with Gasteiger partial charge in [0.05, 0.1) is 0 Å². The highest BCUT2D eigenvalue weighted by Crippen LogP contribution is 2.34. The van der Waals surface area contributed by atoms with Gasteiger partial charge in [0.25, 0.3) is 0 Å². The van der Waals surface area contributed by atoms with E-state index in [1.54, 1.807) is 6.07 Å². The van der Waals surface area contributed by atoms with Crippen molar-refractivity contribution in [3.05, 3.63) is 47.3 Å². The molecule has 0 amide bonds. The number of hydrogen-bond acceptors (Lipinski definition) is 0.